The van der Waals surface area contributed by atoms with Crippen LogP contribution in [0.3, 0.4) is 0 Å². The number of hydrogen-bond acceptors (Lipinski definition) is 9. The molecule has 0 aliphatic rings. The smallest absolute Gasteiger partial charge is 0.321 e. The SMILES string of the molecule is CCOP(=O)(OCC)OC(C)n1cc(-c2cccc(C#N)c2)c2cc(-c3cncc(NC(=O)C=CCN(C)C)c3)cnc21. The largest absolute Gasteiger partial charge is 0.476 e. The van der Waals surface area contributed by atoms with Gasteiger partial charge in [-0.05, 0) is 64.7 Å². The topological polar surface area (TPSA) is 132 Å². The number of fused-ring (bicyclic) bond motifs is 1. The first-order chi connectivity index (χ1) is 20.7. The number of rotatable bonds is 13. The number of carbonyl (C=O) groups excluding carboxylic acids is 1. The second kappa shape index (κ2) is 14.3. The Hall–Kier alpha value is -4.17. The standard InChI is InChI=1S/C31H35N6O5P/c1-6-40-43(39,41-7-2)42-22(3)37-21-29(24-11-8-10-23(14-24)17-32)28-16-26(19-34-31(28)37)25-15-27(20-33-18-25)35-30(38)12-9-13-36(4)5/h8-12,14-16,18-22H,6-7,13H2,1-5H3,(H,35,38). The Morgan fingerprint density at radius 2 is 1.86 bits per heavy atom. The maximum absolute atomic E-state index is 13.1. The minimum Gasteiger partial charge on any atom is -0.321 e. The summed E-state index contributed by atoms with van der Waals surface area (Å²) in [5.41, 5.74) is 4.72. The Morgan fingerprint density at radius 1 is 1.12 bits per heavy atom. The van der Waals surface area contributed by atoms with Crippen molar-refractivity contribution in [1.29, 1.82) is 5.26 Å². The average Bonchev–Trinajstić information content (AvgIpc) is 3.36. The number of aromatic nitrogens is 3. The third kappa shape index (κ3) is 8.02. The molecule has 1 N–H and O–H groups in total. The van der Waals surface area contributed by atoms with Crippen LogP contribution < -0.4 is 5.32 Å². The number of likely N-dealkylation sites (N-methyl/N-ethyl adjacent to an activating group) is 1. The van der Waals surface area contributed by atoms with Gasteiger partial charge in [0.1, 0.15) is 11.9 Å². The van der Waals surface area contributed by atoms with Gasteiger partial charge in [-0.25, -0.2) is 9.55 Å². The van der Waals surface area contributed by atoms with Crippen LogP contribution in [-0.4, -0.2) is 59.2 Å². The fourth-order valence-corrected chi connectivity index (χ4v) is 5.73. The van der Waals surface area contributed by atoms with Crippen LogP contribution in [0.5, 0.6) is 0 Å². The molecule has 0 spiro atoms. The summed E-state index contributed by atoms with van der Waals surface area (Å²) >= 11 is 0. The van der Waals surface area contributed by atoms with Crippen molar-refractivity contribution in [1.82, 2.24) is 19.4 Å². The average molecular weight is 603 g/mol. The zero-order chi connectivity index (χ0) is 31.0. The van der Waals surface area contributed by atoms with Crippen LogP contribution in [0.15, 0.2) is 73.3 Å². The van der Waals surface area contributed by atoms with Gasteiger partial charge in [0, 0.05) is 53.3 Å². The van der Waals surface area contributed by atoms with Crippen molar-refractivity contribution in [2.45, 2.75) is 27.0 Å². The molecule has 1 unspecified atom stereocenters. The number of nitriles is 1. The zero-order valence-corrected chi connectivity index (χ0v) is 25.7. The van der Waals surface area contributed by atoms with E-state index in [-0.39, 0.29) is 19.1 Å². The van der Waals surface area contributed by atoms with Crippen molar-refractivity contribution < 1.29 is 22.9 Å². The minimum atomic E-state index is -3.82. The monoisotopic (exact) mass is 602 g/mol. The molecule has 0 radical (unpaired) electrons. The summed E-state index contributed by atoms with van der Waals surface area (Å²) in [6, 6.07) is 13.2. The quantitative estimate of drug-likeness (QED) is 0.136. The summed E-state index contributed by atoms with van der Waals surface area (Å²) in [5.74, 6) is -0.253. The number of phosphoric acid groups is 1. The van der Waals surface area contributed by atoms with Gasteiger partial charge in [-0.1, -0.05) is 18.2 Å². The molecule has 12 heteroatoms. The van der Waals surface area contributed by atoms with Gasteiger partial charge in [0.15, 0.2) is 0 Å². The molecule has 0 saturated heterocycles. The van der Waals surface area contributed by atoms with E-state index in [0.29, 0.717) is 23.4 Å². The van der Waals surface area contributed by atoms with E-state index < -0.39 is 14.1 Å². The lowest BCUT2D eigenvalue weighted by molar-refractivity contribution is -0.111. The van der Waals surface area contributed by atoms with Crippen LogP contribution >= 0.6 is 7.82 Å². The number of pyridine rings is 2. The Bertz CT molecular complexity index is 1700. The number of hydrogen-bond donors (Lipinski definition) is 1. The molecule has 11 nitrogen and oxygen atoms in total. The van der Waals surface area contributed by atoms with E-state index in [1.54, 1.807) is 62.1 Å². The van der Waals surface area contributed by atoms with Crippen LogP contribution in [0.2, 0.25) is 0 Å². The second-order valence-corrected chi connectivity index (χ2v) is 11.5. The third-order valence-electron chi connectivity index (χ3n) is 6.30. The van der Waals surface area contributed by atoms with Gasteiger partial charge in [0.25, 0.3) is 0 Å². The molecule has 3 heterocycles. The molecular formula is C31H35N6O5P. The fourth-order valence-electron chi connectivity index (χ4n) is 4.43. The number of nitrogens with zero attached hydrogens (tertiary/aromatic N) is 5. The second-order valence-electron chi connectivity index (χ2n) is 9.84. The molecule has 43 heavy (non-hydrogen) atoms. The van der Waals surface area contributed by atoms with Gasteiger partial charge in [0.2, 0.25) is 5.91 Å². The highest BCUT2D eigenvalue weighted by Crippen LogP contribution is 2.52. The maximum Gasteiger partial charge on any atom is 0.476 e. The number of carbonyl (C=O) groups is 1. The maximum atomic E-state index is 13.1. The Balaban J connectivity index is 1.75. The molecule has 0 aliphatic carbocycles. The van der Waals surface area contributed by atoms with Crippen molar-refractivity contribution in [3.05, 3.63) is 78.9 Å². The van der Waals surface area contributed by atoms with Crippen molar-refractivity contribution >= 4 is 30.5 Å². The third-order valence-corrected chi connectivity index (χ3v) is 8.01. The van der Waals surface area contributed by atoms with Gasteiger partial charge >= 0.3 is 7.82 Å². The first kappa shape index (κ1) is 31.8. The van der Waals surface area contributed by atoms with Gasteiger partial charge in [-0.3, -0.25) is 23.3 Å². The molecule has 1 aromatic carbocycles. The van der Waals surface area contributed by atoms with Crippen LogP contribution in [0.25, 0.3) is 33.3 Å². The summed E-state index contributed by atoms with van der Waals surface area (Å²) in [6.45, 7) is 6.12. The van der Waals surface area contributed by atoms with E-state index in [2.05, 4.69) is 16.4 Å². The summed E-state index contributed by atoms with van der Waals surface area (Å²) < 4.78 is 31.4. The Kier molecular flexibility index (Phi) is 10.6. The number of nitrogens with one attached hydrogen (secondary N) is 1. The number of amides is 1. The van der Waals surface area contributed by atoms with Gasteiger partial charge in [0.05, 0.1) is 36.7 Å². The Morgan fingerprint density at radius 3 is 2.56 bits per heavy atom. The molecule has 224 valence electrons. The highest BCUT2D eigenvalue weighted by Gasteiger charge is 2.30. The molecule has 3 aromatic heterocycles. The predicted octanol–water partition coefficient (Wildman–Crippen LogP) is 6.41. The predicted molar refractivity (Wildman–Crippen MR) is 166 cm³/mol. The molecular weight excluding hydrogens is 567 g/mol. The lowest BCUT2D eigenvalue weighted by Crippen LogP contribution is -2.13. The van der Waals surface area contributed by atoms with Crippen LogP contribution in [-0.2, 0) is 22.9 Å². The lowest BCUT2D eigenvalue weighted by atomic mass is 10.0. The van der Waals surface area contributed by atoms with Crippen LogP contribution in [0.1, 0.15) is 32.6 Å². The highest BCUT2D eigenvalue weighted by atomic mass is 31.2. The number of phosphoric ester groups is 1. The molecule has 4 rings (SSSR count). The van der Waals surface area contributed by atoms with E-state index in [0.717, 1.165) is 27.6 Å². The van der Waals surface area contributed by atoms with Crippen molar-refractivity contribution in [2.24, 2.45) is 0 Å². The summed E-state index contributed by atoms with van der Waals surface area (Å²) in [6.07, 6.45) is 9.33. The minimum absolute atomic E-state index is 0.157. The zero-order valence-electron chi connectivity index (χ0n) is 24.9. The lowest BCUT2D eigenvalue weighted by Gasteiger charge is -2.22. The van der Waals surface area contributed by atoms with Crippen LogP contribution in [0, 0.1) is 11.3 Å². The summed E-state index contributed by atoms with van der Waals surface area (Å²) in [4.78, 5) is 23.4. The normalized spacial score (nSPS) is 12.6. The van der Waals surface area contributed by atoms with Crippen molar-refractivity contribution in [3.8, 4) is 28.3 Å². The van der Waals surface area contributed by atoms with Crippen molar-refractivity contribution in [2.75, 3.05) is 39.2 Å². The van der Waals surface area contributed by atoms with Gasteiger partial charge in [-0.15, -0.1) is 0 Å². The van der Waals surface area contributed by atoms with Crippen LogP contribution in [0.4, 0.5) is 5.69 Å². The van der Waals surface area contributed by atoms with Gasteiger partial charge < -0.3 is 14.8 Å². The first-order valence-corrected chi connectivity index (χ1v) is 15.3. The van der Waals surface area contributed by atoms with E-state index >= 15 is 0 Å². The van der Waals surface area contributed by atoms with E-state index in [1.165, 1.54) is 6.08 Å². The number of anilines is 1. The van der Waals surface area contributed by atoms with E-state index in [4.69, 9.17) is 18.6 Å². The summed E-state index contributed by atoms with van der Waals surface area (Å²) in [7, 11) is 0.0266. The van der Waals surface area contributed by atoms with Crippen molar-refractivity contribution in [3.63, 3.8) is 0 Å². The molecule has 1 amide bonds. The Labute approximate surface area is 251 Å². The molecule has 1 atom stereocenters. The molecule has 4 aromatic rings. The van der Waals surface area contributed by atoms with E-state index in [1.807, 2.05) is 49.5 Å². The molecule has 0 fully saturated rings. The van der Waals surface area contributed by atoms with Gasteiger partial charge in [-0.2, -0.15) is 5.26 Å². The number of benzene rings is 1. The first-order valence-electron chi connectivity index (χ1n) is 13.8. The molecule has 0 aliphatic heterocycles. The summed E-state index contributed by atoms with van der Waals surface area (Å²) in [5, 5.41) is 13.1. The molecule has 0 bridgehead atoms. The highest BCUT2D eigenvalue weighted by molar-refractivity contribution is 7.48. The molecule has 0 saturated carbocycles. The van der Waals surface area contributed by atoms with E-state index in [9.17, 15) is 14.6 Å². The fraction of sp³-hybridized carbons (Fsp3) is 0.290.